The summed E-state index contributed by atoms with van der Waals surface area (Å²) in [5, 5.41) is 0. The minimum absolute atomic E-state index is 0.870. The quantitative estimate of drug-likeness (QED) is 0.504. The third-order valence-electron chi connectivity index (χ3n) is 1.13. The van der Waals surface area contributed by atoms with Crippen molar-refractivity contribution in [1.82, 2.24) is 0 Å². The summed E-state index contributed by atoms with van der Waals surface area (Å²) >= 11 is 0. The molecule has 94 valence electrons. The molecule has 0 atom stereocenters. The van der Waals surface area contributed by atoms with E-state index in [1.165, 1.54) is 0 Å². The molecule has 0 saturated carbocycles. The van der Waals surface area contributed by atoms with Crippen LogP contribution in [0.15, 0.2) is 61.8 Å². The second-order valence-corrected chi connectivity index (χ2v) is 1.79. The van der Waals surface area contributed by atoms with Gasteiger partial charge in [0, 0.05) is 0 Å². The lowest BCUT2D eigenvalue weighted by molar-refractivity contribution is 1.50. The van der Waals surface area contributed by atoms with Crippen molar-refractivity contribution in [3.05, 3.63) is 61.8 Å². The van der Waals surface area contributed by atoms with E-state index >= 15 is 0 Å². The van der Waals surface area contributed by atoms with Crippen LogP contribution in [-0.2, 0) is 0 Å². The van der Waals surface area contributed by atoms with E-state index in [4.69, 9.17) is 0 Å². The zero-order valence-electron chi connectivity index (χ0n) is 12.1. The van der Waals surface area contributed by atoms with Gasteiger partial charge in [-0.3, -0.25) is 0 Å². The lowest BCUT2D eigenvalue weighted by atomic mass is 10.1. The molecular weight excluding hydrogens is 192 g/mol. The molecule has 0 aliphatic rings. The lowest BCUT2D eigenvalue weighted by Gasteiger charge is -1.96. The highest BCUT2D eigenvalue weighted by Crippen LogP contribution is 2.08. The standard InChI is InChI=1S/C10H12.3C2H6/c1-5-8-10(7-3)9(4)6-2;3*1-2/h5-8H,1-4H2;3*1-2H3/b10-8-;;;. The Labute approximate surface area is 104 Å². The molecule has 0 fully saturated rings. The predicted octanol–water partition coefficient (Wildman–Crippen LogP) is 6.11. The van der Waals surface area contributed by atoms with Crippen LogP contribution in [-0.4, -0.2) is 0 Å². The van der Waals surface area contributed by atoms with Crippen LogP contribution in [0.3, 0.4) is 0 Å². The maximum atomic E-state index is 3.76. The first kappa shape index (κ1) is 24.1. The van der Waals surface area contributed by atoms with Crippen LogP contribution in [0.2, 0.25) is 0 Å². The minimum Gasteiger partial charge on any atom is -0.0990 e. The molecule has 0 aromatic carbocycles. The Kier molecular flexibility index (Phi) is 44.0. The predicted molar refractivity (Wildman–Crippen MR) is 81.9 cm³/mol. The average Bonchev–Trinajstić information content (AvgIpc) is 2.42. The molecule has 0 rings (SSSR count). The van der Waals surface area contributed by atoms with E-state index in [-0.39, 0.29) is 0 Å². The largest absolute Gasteiger partial charge is 0.0990 e. The third-order valence-corrected chi connectivity index (χ3v) is 1.13. The van der Waals surface area contributed by atoms with Crippen molar-refractivity contribution in [2.45, 2.75) is 41.5 Å². The number of allylic oxidation sites excluding steroid dienone is 6. The van der Waals surface area contributed by atoms with Crippen molar-refractivity contribution in [3.8, 4) is 0 Å². The summed E-state index contributed by atoms with van der Waals surface area (Å²) in [7, 11) is 0. The van der Waals surface area contributed by atoms with E-state index in [1.54, 1.807) is 18.2 Å². The van der Waals surface area contributed by atoms with E-state index < -0.39 is 0 Å². The maximum Gasteiger partial charge on any atom is -0.0196 e. The Morgan fingerprint density at radius 2 is 1.12 bits per heavy atom. The Balaban J connectivity index is -0.000000103. The van der Waals surface area contributed by atoms with Gasteiger partial charge in [0.25, 0.3) is 0 Å². The molecule has 0 aliphatic heterocycles. The Morgan fingerprint density at radius 1 is 0.750 bits per heavy atom. The van der Waals surface area contributed by atoms with Crippen molar-refractivity contribution in [1.29, 1.82) is 0 Å². The lowest BCUT2D eigenvalue weighted by Crippen LogP contribution is -1.77. The summed E-state index contributed by atoms with van der Waals surface area (Å²) in [5.41, 5.74) is 1.83. The fourth-order valence-electron chi connectivity index (χ4n) is 0.551. The van der Waals surface area contributed by atoms with Crippen LogP contribution in [0.25, 0.3) is 0 Å². The van der Waals surface area contributed by atoms with Gasteiger partial charge < -0.3 is 0 Å². The molecule has 0 amide bonds. The molecular formula is C16H30. The van der Waals surface area contributed by atoms with Gasteiger partial charge in [-0.1, -0.05) is 92.2 Å². The summed E-state index contributed by atoms with van der Waals surface area (Å²) in [4.78, 5) is 0. The summed E-state index contributed by atoms with van der Waals surface area (Å²) in [6, 6.07) is 0. The van der Waals surface area contributed by atoms with Gasteiger partial charge in [-0.05, 0) is 11.1 Å². The molecule has 0 aliphatic carbocycles. The Hall–Kier alpha value is -1.30. The van der Waals surface area contributed by atoms with E-state index in [2.05, 4.69) is 26.3 Å². The topological polar surface area (TPSA) is 0 Å². The molecule has 0 bridgehead atoms. The zero-order chi connectivity index (χ0) is 14.0. The number of hydrogen-bond donors (Lipinski definition) is 0. The second kappa shape index (κ2) is 29.2. The van der Waals surface area contributed by atoms with Crippen LogP contribution in [0.1, 0.15) is 41.5 Å². The Morgan fingerprint density at radius 3 is 1.31 bits per heavy atom. The van der Waals surface area contributed by atoms with Gasteiger partial charge >= 0.3 is 0 Å². The number of rotatable bonds is 4. The highest BCUT2D eigenvalue weighted by molar-refractivity contribution is 5.44. The molecule has 0 unspecified atom stereocenters. The molecule has 0 aromatic rings. The SMILES string of the molecule is C=C/C=C(/C=C)C(=C)C=C.CC.CC.CC. The third kappa shape index (κ3) is 18.5. The molecule has 0 heteroatoms. The van der Waals surface area contributed by atoms with Crippen molar-refractivity contribution >= 4 is 0 Å². The molecule has 16 heavy (non-hydrogen) atoms. The zero-order valence-corrected chi connectivity index (χ0v) is 12.1. The van der Waals surface area contributed by atoms with E-state index in [0.29, 0.717) is 0 Å². The van der Waals surface area contributed by atoms with Crippen LogP contribution < -0.4 is 0 Å². The molecule has 0 nitrogen and oxygen atoms in total. The molecule has 0 N–H and O–H groups in total. The normalized spacial score (nSPS) is 7.50. The van der Waals surface area contributed by atoms with Gasteiger partial charge in [0.1, 0.15) is 0 Å². The van der Waals surface area contributed by atoms with Crippen molar-refractivity contribution in [2.24, 2.45) is 0 Å². The summed E-state index contributed by atoms with van der Waals surface area (Å²) in [5.74, 6) is 0. The fraction of sp³-hybridized carbons (Fsp3) is 0.375. The second-order valence-electron chi connectivity index (χ2n) is 1.79. The maximum absolute atomic E-state index is 3.76. The fourth-order valence-corrected chi connectivity index (χ4v) is 0.551. The minimum atomic E-state index is 0.870. The van der Waals surface area contributed by atoms with Crippen LogP contribution in [0, 0.1) is 0 Å². The van der Waals surface area contributed by atoms with Gasteiger partial charge in [-0.2, -0.15) is 0 Å². The molecule has 0 saturated heterocycles. The summed E-state index contributed by atoms with van der Waals surface area (Å²) < 4.78 is 0. The smallest absolute Gasteiger partial charge is 0.0196 e. The molecule has 0 spiro atoms. The van der Waals surface area contributed by atoms with Gasteiger partial charge in [0.15, 0.2) is 0 Å². The average molecular weight is 222 g/mol. The van der Waals surface area contributed by atoms with Crippen LogP contribution >= 0.6 is 0 Å². The van der Waals surface area contributed by atoms with Crippen molar-refractivity contribution in [3.63, 3.8) is 0 Å². The first-order chi connectivity index (χ1) is 7.76. The van der Waals surface area contributed by atoms with Gasteiger partial charge in [-0.25, -0.2) is 0 Å². The van der Waals surface area contributed by atoms with Crippen molar-refractivity contribution in [2.75, 3.05) is 0 Å². The summed E-state index contributed by atoms with van der Waals surface area (Å²) in [6.45, 7) is 26.5. The van der Waals surface area contributed by atoms with Gasteiger partial charge in [-0.15, -0.1) is 0 Å². The summed E-state index contributed by atoms with van der Waals surface area (Å²) in [6.07, 6.45) is 6.96. The van der Waals surface area contributed by atoms with Gasteiger partial charge in [0.2, 0.25) is 0 Å². The highest BCUT2D eigenvalue weighted by atomic mass is 13.9. The molecule has 0 aromatic heterocycles. The first-order valence-corrected chi connectivity index (χ1v) is 6.03. The van der Waals surface area contributed by atoms with Crippen LogP contribution in [0.4, 0.5) is 0 Å². The van der Waals surface area contributed by atoms with E-state index in [0.717, 1.165) is 11.1 Å². The van der Waals surface area contributed by atoms with Crippen molar-refractivity contribution < 1.29 is 0 Å². The van der Waals surface area contributed by atoms with E-state index in [1.807, 2.05) is 47.6 Å². The molecule has 0 radical (unpaired) electrons. The highest BCUT2D eigenvalue weighted by Gasteiger charge is 1.89. The van der Waals surface area contributed by atoms with E-state index in [9.17, 15) is 0 Å². The Bertz CT molecular complexity index is 192. The monoisotopic (exact) mass is 222 g/mol. The van der Waals surface area contributed by atoms with Gasteiger partial charge in [0.05, 0.1) is 0 Å². The first-order valence-electron chi connectivity index (χ1n) is 6.03. The molecule has 0 heterocycles. The number of hydrogen-bond acceptors (Lipinski definition) is 0. The van der Waals surface area contributed by atoms with Crippen LogP contribution in [0.5, 0.6) is 0 Å².